The normalized spacial score (nSPS) is 20.3. The van der Waals surface area contributed by atoms with Gasteiger partial charge in [0.15, 0.2) is 0 Å². The third-order valence-electron chi connectivity index (χ3n) is 6.33. The molecule has 1 saturated carbocycles. The van der Waals surface area contributed by atoms with Crippen LogP contribution in [0.15, 0.2) is 48.7 Å². The second kappa shape index (κ2) is 10.1. The topological polar surface area (TPSA) is 68.8 Å². The van der Waals surface area contributed by atoms with Gasteiger partial charge in [-0.1, -0.05) is 30.3 Å². The predicted octanol–water partition coefficient (Wildman–Crippen LogP) is 2.22. The maximum Gasteiger partial charge on any atom is 0.252 e. The summed E-state index contributed by atoms with van der Waals surface area (Å²) in [7, 11) is 4.04. The van der Waals surface area contributed by atoms with Crippen molar-refractivity contribution in [1.29, 1.82) is 0 Å². The van der Waals surface area contributed by atoms with Gasteiger partial charge in [0.2, 0.25) is 5.91 Å². The molecule has 2 fully saturated rings. The van der Waals surface area contributed by atoms with Crippen LogP contribution in [-0.2, 0) is 4.79 Å². The van der Waals surface area contributed by atoms with Gasteiger partial charge in [0.05, 0.1) is 5.56 Å². The minimum atomic E-state index is -0.0874. The van der Waals surface area contributed by atoms with Gasteiger partial charge in [-0.05, 0) is 57.1 Å². The van der Waals surface area contributed by atoms with Crippen molar-refractivity contribution >= 4 is 17.6 Å². The number of piperazine rings is 1. The number of nitrogens with zero attached hydrogens (tertiary/aromatic N) is 4. The van der Waals surface area contributed by atoms with Crippen molar-refractivity contribution in [2.24, 2.45) is 5.92 Å². The third kappa shape index (κ3) is 5.46. The summed E-state index contributed by atoms with van der Waals surface area (Å²) in [6, 6.07) is 14.1. The number of nitrogens with one attached hydrogen (secondary N) is 1. The van der Waals surface area contributed by atoms with Crippen LogP contribution in [0.2, 0.25) is 0 Å². The lowest BCUT2D eigenvalue weighted by Gasteiger charge is -2.35. The summed E-state index contributed by atoms with van der Waals surface area (Å²) >= 11 is 0. The lowest BCUT2D eigenvalue weighted by atomic mass is 10.1. The molecule has 7 heteroatoms. The Labute approximate surface area is 190 Å². The molecule has 2 aromatic rings. The van der Waals surface area contributed by atoms with Gasteiger partial charge in [0.1, 0.15) is 5.82 Å². The molecule has 0 bridgehead atoms. The van der Waals surface area contributed by atoms with Crippen LogP contribution < -0.4 is 10.2 Å². The Morgan fingerprint density at radius 1 is 1.06 bits per heavy atom. The van der Waals surface area contributed by atoms with E-state index in [2.05, 4.69) is 32.2 Å². The highest BCUT2D eigenvalue weighted by molar-refractivity contribution is 5.94. The van der Waals surface area contributed by atoms with Crippen LogP contribution >= 0.6 is 0 Å². The van der Waals surface area contributed by atoms with Gasteiger partial charge >= 0.3 is 0 Å². The molecule has 2 unspecified atom stereocenters. The molecule has 2 aliphatic rings. The molecule has 1 aliphatic carbocycles. The van der Waals surface area contributed by atoms with Gasteiger partial charge in [-0.25, -0.2) is 4.98 Å². The van der Waals surface area contributed by atoms with E-state index in [9.17, 15) is 9.59 Å². The zero-order valence-electron chi connectivity index (χ0n) is 19.0. The van der Waals surface area contributed by atoms with Crippen LogP contribution in [0.5, 0.6) is 0 Å². The fourth-order valence-electron chi connectivity index (χ4n) is 4.33. The molecular formula is C25H33N5O2. The minimum absolute atomic E-state index is 0.0874. The van der Waals surface area contributed by atoms with E-state index < -0.39 is 0 Å². The first-order valence-corrected chi connectivity index (χ1v) is 11.5. The van der Waals surface area contributed by atoms with E-state index in [-0.39, 0.29) is 17.7 Å². The second-order valence-corrected chi connectivity index (χ2v) is 8.99. The van der Waals surface area contributed by atoms with Crippen molar-refractivity contribution in [2.45, 2.75) is 18.8 Å². The quantitative estimate of drug-likeness (QED) is 0.644. The highest BCUT2D eigenvalue weighted by Crippen LogP contribution is 2.48. The van der Waals surface area contributed by atoms with E-state index in [1.807, 2.05) is 49.3 Å². The molecule has 7 nitrogen and oxygen atoms in total. The minimum Gasteiger partial charge on any atom is -0.353 e. The summed E-state index contributed by atoms with van der Waals surface area (Å²) < 4.78 is 0. The van der Waals surface area contributed by atoms with Crippen molar-refractivity contribution in [3.05, 3.63) is 59.8 Å². The molecule has 170 valence electrons. The maximum atomic E-state index is 12.9. The molecule has 0 radical (unpaired) electrons. The molecule has 1 N–H and O–H groups in total. The van der Waals surface area contributed by atoms with Crippen LogP contribution in [0.1, 0.15) is 34.7 Å². The molecule has 1 aromatic heterocycles. The van der Waals surface area contributed by atoms with Gasteiger partial charge in [0, 0.05) is 44.8 Å². The van der Waals surface area contributed by atoms with E-state index in [1.165, 1.54) is 5.56 Å². The summed E-state index contributed by atoms with van der Waals surface area (Å²) in [5, 5.41) is 2.94. The van der Waals surface area contributed by atoms with Gasteiger partial charge in [-0.3, -0.25) is 9.59 Å². The predicted molar refractivity (Wildman–Crippen MR) is 126 cm³/mol. The first kappa shape index (κ1) is 22.3. The van der Waals surface area contributed by atoms with Crippen LogP contribution in [-0.4, -0.2) is 80.0 Å². The Kier molecular flexibility index (Phi) is 7.05. The second-order valence-electron chi connectivity index (χ2n) is 8.99. The summed E-state index contributed by atoms with van der Waals surface area (Å²) in [5.41, 5.74) is 1.85. The van der Waals surface area contributed by atoms with Crippen molar-refractivity contribution in [3.8, 4) is 0 Å². The number of carbonyl (C=O) groups is 2. The number of anilines is 1. The van der Waals surface area contributed by atoms with Crippen molar-refractivity contribution in [2.75, 3.05) is 58.3 Å². The lowest BCUT2D eigenvalue weighted by Crippen LogP contribution is -2.49. The average molecular weight is 436 g/mol. The largest absolute Gasteiger partial charge is 0.353 e. The first-order valence-electron chi connectivity index (χ1n) is 11.5. The number of aromatic nitrogens is 1. The molecule has 1 aromatic carbocycles. The number of amides is 2. The van der Waals surface area contributed by atoms with E-state index >= 15 is 0 Å². The Balaban J connectivity index is 1.23. The Bertz CT molecular complexity index is 908. The van der Waals surface area contributed by atoms with Crippen LogP contribution in [0.3, 0.4) is 0 Å². The smallest absolute Gasteiger partial charge is 0.252 e. The van der Waals surface area contributed by atoms with Gasteiger partial charge in [-0.15, -0.1) is 0 Å². The van der Waals surface area contributed by atoms with E-state index in [0.29, 0.717) is 31.1 Å². The summed E-state index contributed by atoms with van der Waals surface area (Å²) in [5.74, 6) is 1.57. The average Bonchev–Trinajstić information content (AvgIpc) is 3.63. The number of hydrogen-bond acceptors (Lipinski definition) is 5. The highest BCUT2D eigenvalue weighted by Gasteiger charge is 2.46. The molecule has 2 atom stereocenters. The molecule has 4 rings (SSSR count). The van der Waals surface area contributed by atoms with Crippen LogP contribution in [0.25, 0.3) is 0 Å². The third-order valence-corrected chi connectivity index (χ3v) is 6.33. The molecule has 1 aliphatic heterocycles. The van der Waals surface area contributed by atoms with Crippen LogP contribution in [0.4, 0.5) is 5.82 Å². The number of rotatable bonds is 8. The van der Waals surface area contributed by atoms with E-state index in [0.717, 1.165) is 38.3 Å². The van der Waals surface area contributed by atoms with Crippen molar-refractivity contribution in [3.63, 3.8) is 0 Å². The Hall–Kier alpha value is -2.93. The fourth-order valence-corrected chi connectivity index (χ4v) is 4.33. The highest BCUT2D eigenvalue weighted by atomic mass is 16.2. The van der Waals surface area contributed by atoms with Crippen molar-refractivity contribution < 1.29 is 9.59 Å². The number of carbonyl (C=O) groups excluding carboxylic acids is 2. The molecule has 0 spiro atoms. The summed E-state index contributed by atoms with van der Waals surface area (Å²) in [6.45, 7) is 4.55. The molecule has 32 heavy (non-hydrogen) atoms. The standard InChI is InChI=1S/C25H33N5O2/c1-28(2)12-6-11-26-24(31)20-9-10-23(27-18-20)29-13-15-30(16-14-29)25(32)22-17-21(22)19-7-4-3-5-8-19/h3-5,7-10,18,21-22H,6,11-17H2,1-2H3,(H,26,31). The Morgan fingerprint density at radius 3 is 2.47 bits per heavy atom. The summed E-state index contributed by atoms with van der Waals surface area (Å²) in [6.07, 6.45) is 3.52. The number of pyridine rings is 1. The van der Waals surface area contributed by atoms with Gasteiger partial charge in [0.25, 0.3) is 5.91 Å². The zero-order valence-corrected chi connectivity index (χ0v) is 19.0. The lowest BCUT2D eigenvalue weighted by molar-refractivity contribution is -0.133. The molecule has 1 saturated heterocycles. The number of benzene rings is 1. The van der Waals surface area contributed by atoms with Gasteiger partial charge in [-0.2, -0.15) is 0 Å². The molecule has 2 amide bonds. The van der Waals surface area contributed by atoms with E-state index in [1.54, 1.807) is 6.20 Å². The van der Waals surface area contributed by atoms with Gasteiger partial charge < -0.3 is 20.0 Å². The van der Waals surface area contributed by atoms with E-state index in [4.69, 9.17) is 0 Å². The zero-order chi connectivity index (χ0) is 22.5. The molecular weight excluding hydrogens is 402 g/mol. The van der Waals surface area contributed by atoms with Crippen LogP contribution in [0, 0.1) is 5.92 Å². The number of hydrogen-bond donors (Lipinski definition) is 1. The van der Waals surface area contributed by atoms with Crippen molar-refractivity contribution in [1.82, 2.24) is 20.1 Å². The fraction of sp³-hybridized carbons (Fsp3) is 0.480. The SMILES string of the molecule is CN(C)CCCNC(=O)c1ccc(N2CCN(C(=O)C3CC3c3ccccc3)CC2)nc1. The Morgan fingerprint density at radius 2 is 1.81 bits per heavy atom. The summed E-state index contributed by atoms with van der Waals surface area (Å²) in [4.78, 5) is 36.0. The maximum absolute atomic E-state index is 12.9. The molecule has 2 heterocycles. The monoisotopic (exact) mass is 435 g/mol. The first-order chi connectivity index (χ1) is 15.5.